The van der Waals surface area contributed by atoms with Crippen molar-refractivity contribution in [2.75, 3.05) is 18.1 Å². The van der Waals surface area contributed by atoms with Gasteiger partial charge in [0.05, 0.1) is 24.1 Å². The molecule has 1 aromatic carbocycles. The fraction of sp³-hybridized carbons (Fsp3) is 0.385. The minimum absolute atomic E-state index is 0.245. The summed E-state index contributed by atoms with van der Waals surface area (Å²) >= 11 is 0. The standard InChI is InChI=1S/C26H29N5O2/c1-18-14-20-15-22(28-18)21-17-27-30(2)26(21)33-13-9-5-3-4-8-12-31-23-11-7-6-10-19(23)16-24(31)29-25(20)32/h6-7,10-11,14-15,17H,3-5,8-9,12-13,16H2,1-2H3. The van der Waals surface area contributed by atoms with E-state index in [2.05, 4.69) is 38.2 Å². The summed E-state index contributed by atoms with van der Waals surface area (Å²) in [5.74, 6) is 1.26. The molecule has 33 heavy (non-hydrogen) atoms. The molecule has 0 unspecified atom stereocenters. The Bertz CT molecular complexity index is 1210. The number of carbonyl (C=O) groups is 1. The van der Waals surface area contributed by atoms with Crippen LogP contribution in [-0.2, 0) is 13.5 Å². The Morgan fingerprint density at radius 3 is 2.76 bits per heavy atom. The number of benzene rings is 1. The first-order valence-corrected chi connectivity index (χ1v) is 11.7. The molecule has 0 saturated heterocycles. The molecule has 2 bridgehead atoms. The Morgan fingerprint density at radius 2 is 1.85 bits per heavy atom. The van der Waals surface area contributed by atoms with Gasteiger partial charge in [-0.15, -0.1) is 0 Å². The number of amidine groups is 1. The van der Waals surface area contributed by atoms with Gasteiger partial charge in [0.2, 0.25) is 5.88 Å². The second kappa shape index (κ2) is 9.17. The van der Waals surface area contributed by atoms with Crippen molar-refractivity contribution in [3.05, 3.63) is 59.4 Å². The molecule has 2 aromatic heterocycles. The number of fused-ring (bicyclic) bond motifs is 7. The molecule has 0 N–H and O–H groups in total. The Morgan fingerprint density at radius 1 is 1.03 bits per heavy atom. The summed E-state index contributed by atoms with van der Waals surface area (Å²) in [4.78, 5) is 24.8. The average molecular weight is 444 g/mol. The van der Waals surface area contributed by atoms with Crippen LogP contribution < -0.4 is 9.64 Å². The van der Waals surface area contributed by atoms with E-state index in [1.54, 1.807) is 23.0 Å². The third-order valence-electron chi connectivity index (χ3n) is 6.30. The zero-order valence-electron chi connectivity index (χ0n) is 19.3. The van der Waals surface area contributed by atoms with E-state index in [-0.39, 0.29) is 5.91 Å². The lowest BCUT2D eigenvalue weighted by Gasteiger charge is -2.20. The first kappa shape index (κ1) is 21.4. The Labute approximate surface area is 194 Å². The van der Waals surface area contributed by atoms with Crippen molar-refractivity contribution in [1.29, 1.82) is 0 Å². The molecule has 0 fully saturated rings. The van der Waals surface area contributed by atoms with Gasteiger partial charge in [-0.3, -0.25) is 9.78 Å². The Hall–Kier alpha value is -3.48. The molecule has 4 heterocycles. The van der Waals surface area contributed by atoms with E-state index >= 15 is 0 Å². The second-order valence-corrected chi connectivity index (χ2v) is 8.78. The van der Waals surface area contributed by atoms with E-state index in [1.165, 1.54) is 11.3 Å². The number of para-hydroxylation sites is 1. The molecule has 5 rings (SSSR count). The molecule has 7 heteroatoms. The zero-order chi connectivity index (χ0) is 22.8. The van der Waals surface area contributed by atoms with Gasteiger partial charge in [0.15, 0.2) is 0 Å². The highest BCUT2D eigenvalue weighted by Crippen LogP contribution is 2.32. The van der Waals surface area contributed by atoms with Crippen LogP contribution in [0, 0.1) is 6.92 Å². The lowest BCUT2D eigenvalue weighted by Crippen LogP contribution is -2.29. The zero-order valence-corrected chi connectivity index (χ0v) is 19.3. The first-order chi connectivity index (χ1) is 16.1. The SMILES string of the molecule is Cc1cc2cc(n1)-c1cnn(C)c1OCCCCCCCN1C(=NC2=O)Cc2ccccc21. The molecule has 1 amide bonds. The van der Waals surface area contributed by atoms with Crippen molar-refractivity contribution < 1.29 is 9.53 Å². The number of aromatic nitrogens is 3. The van der Waals surface area contributed by atoms with Crippen LogP contribution in [-0.4, -0.2) is 39.7 Å². The predicted octanol–water partition coefficient (Wildman–Crippen LogP) is 4.73. The highest BCUT2D eigenvalue weighted by Gasteiger charge is 2.26. The Balaban J connectivity index is 1.55. The van der Waals surface area contributed by atoms with E-state index in [9.17, 15) is 4.79 Å². The van der Waals surface area contributed by atoms with Gasteiger partial charge in [-0.05, 0) is 43.5 Å². The predicted molar refractivity (Wildman–Crippen MR) is 129 cm³/mol. The lowest BCUT2D eigenvalue weighted by atomic mass is 10.1. The number of amides is 1. The van der Waals surface area contributed by atoms with Crippen LogP contribution in [0.25, 0.3) is 11.3 Å². The maximum absolute atomic E-state index is 13.3. The minimum Gasteiger partial charge on any atom is -0.477 e. The van der Waals surface area contributed by atoms with E-state index in [1.807, 2.05) is 20.0 Å². The van der Waals surface area contributed by atoms with Crippen LogP contribution in [0.1, 0.15) is 53.7 Å². The highest BCUT2D eigenvalue weighted by molar-refractivity contribution is 6.12. The van der Waals surface area contributed by atoms with Gasteiger partial charge >= 0.3 is 0 Å². The van der Waals surface area contributed by atoms with Crippen molar-refractivity contribution >= 4 is 17.4 Å². The summed E-state index contributed by atoms with van der Waals surface area (Å²) in [5.41, 5.74) is 5.15. The maximum atomic E-state index is 13.3. The molecule has 0 radical (unpaired) electrons. The smallest absolute Gasteiger partial charge is 0.278 e. The summed E-state index contributed by atoms with van der Waals surface area (Å²) in [6.07, 6.45) is 7.91. The molecular weight excluding hydrogens is 414 g/mol. The number of carbonyl (C=O) groups excluding carboxylic acids is 1. The molecular formula is C26H29N5O2. The molecule has 0 saturated carbocycles. The fourth-order valence-corrected chi connectivity index (χ4v) is 4.63. The number of aliphatic imine (C=N–C) groups is 1. The molecule has 0 atom stereocenters. The van der Waals surface area contributed by atoms with Gasteiger partial charge in [-0.1, -0.05) is 37.5 Å². The largest absolute Gasteiger partial charge is 0.477 e. The third-order valence-corrected chi connectivity index (χ3v) is 6.30. The molecule has 0 spiro atoms. The van der Waals surface area contributed by atoms with Crippen LogP contribution >= 0.6 is 0 Å². The molecule has 170 valence electrons. The summed E-state index contributed by atoms with van der Waals surface area (Å²) < 4.78 is 7.81. The van der Waals surface area contributed by atoms with Crippen molar-refractivity contribution in [1.82, 2.24) is 14.8 Å². The van der Waals surface area contributed by atoms with Crippen molar-refractivity contribution in [3.63, 3.8) is 0 Å². The topological polar surface area (TPSA) is 72.6 Å². The highest BCUT2D eigenvalue weighted by atomic mass is 16.5. The van der Waals surface area contributed by atoms with Crippen LogP contribution in [0.4, 0.5) is 5.69 Å². The van der Waals surface area contributed by atoms with E-state index in [0.29, 0.717) is 30.2 Å². The molecule has 3 aromatic rings. The minimum atomic E-state index is -0.245. The number of pyridine rings is 1. The van der Waals surface area contributed by atoms with Crippen LogP contribution in [0.3, 0.4) is 0 Å². The van der Waals surface area contributed by atoms with Crippen molar-refractivity contribution in [2.24, 2.45) is 12.0 Å². The number of aryl methyl sites for hydroxylation is 2. The number of rotatable bonds is 0. The molecule has 0 aliphatic carbocycles. The van der Waals surface area contributed by atoms with Crippen LogP contribution in [0.2, 0.25) is 0 Å². The quantitative estimate of drug-likeness (QED) is 0.502. The number of anilines is 1. The number of hydrogen-bond donors (Lipinski definition) is 0. The van der Waals surface area contributed by atoms with E-state index < -0.39 is 0 Å². The van der Waals surface area contributed by atoms with Gasteiger partial charge in [-0.2, -0.15) is 10.1 Å². The summed E-state index contributed by atoms with van der Waals surface area (Å²) in [5, 5.41) is 4.37. The second-order valence-electron chi connectivity index (χ2n) is 8.78. The number of hydrogen-bond acceptors (Lipinski definition) is 5. The lowest BCUT2D eigenvalue weighted by molar-refractivity contribution is 0.100. The van der Waals surface area contributed by atoms with E-state index in [4.69, 9.17) is 4.74 Å². The Kier molecular flexibility index (Phi) is 5.94. The van der Waals surface area contributed by atoms with Gasteiger partial charge in [-0.25, -0.2) is 4.68 Å². The molecule has 7 nitrogen and oxygen atoms in total. The normalized spacial score (nSPS) is 16.8. The van der Waals surface area contributed by atoms with Crippen molar-refractivity contribution in [3.8, 4) is 17.1 Å². The van der Waals surface area contributed by atoms with Crippen LogP contribution in [0.5, 0.6) is 5.88 Å². The summed E-state index contributed by atoms with van der Waals surface area (Å²) in [7, 11) is 1.86. The van der Waals surface area contributed by atoms with E-state index in [0.717, 1.165) is 55.7 Å². The fourth-order valence-electron chi connectivity index (χ4n) is 4.63. The summed E-state index contributed by atoms with van der Waals surface area (Å²) in [6.45, 7) is 3.40. The summed E-state index contributed by atoms with van der Waals surface area (Å²) in [6, 6.07) is 11.9. The van der Waals surface area contributed by atoms with Gasteiger partial charge < -0.3 is 9.64 Å². The molecule has 2 aliphatic rings. The molecule has 2 aliphatic heterocycles. The maximum Gasteiger partial charge on any atom is 0.278 e. The first-order valence-electron chi connectivity index (χ1n) is 11.7. The van der Waals surface area contributed by atoms with Crippen molar-refractivity contribution in [2.45, 2.75) is 45.4 Å². The monoisotopic (exact) mass is 443 g/mol. The third kappa shape index (κ3) is 4.40. The van der Waals surface area contributed by atoms with Gasteiger partial charge in [0, 0.05) is 37.0 Å². The van der Waals surface area contributed by atoms with Gasteiger partial charge in [0.1, 0.15) is 5.84 Å². The van der Waals surface area contributed by atoms with Gasteiger partial charge in [0.25, 0.3) is 5.91 Å². The number of ether oxygens (including phenoxy) is 1. The van der Waals surface area contributed by atoms with Crippen LogP contribution in [0.15, 0.2) is 47.6 Å². The number of nitrogens with zero attached hydrogens (tertiary/aromatic N) is 5. The average Bonchev–Trinajstić information content (AvgIpc) is 3.34.